The highest BCUT2D eigenvalue weighted by Gasteiger charge is 2.45. The minimum Gasteiger partial charge on any atom is -0.490 e. The van der Waals surface area contributed by atoms with E-state index in [2.05, 4.69) is 0 Å². The fraction of sp³-hybridized carbons (Fsp3) is 0.625. The number of rotatable bonds is 4. The Morgan fingerprint density at radius 2 is 1.91 bits per heavy atom. The molecule has 0 amide bonds. The number of halogens is 3. The summed E-state index contributed by atoms with van der Waals surface area (Å²) in [7, 11) is 0. The number of ether oxygens (including phenoxy) is 1. The molecule has 3 nitrogen and oxygen atoms in total. The van der Waals surface area contributed by atoms with Gasteiger partial charge in [0.05, 0.1) is 6.54 Å². The number of hydrogen-bond donors (Lipinski definition) is 1. The summed E-state index contributed by atoms with van der Waals surface area (Å²) in [6, 6.07) is 7.61. The largest absolute Gasteiger partial charge is 0.490 e. The zero-order valence-electron chi connectivity index (χ0n) is 12.4. The highest BCUT2D eigenvalue weighted by molar-refractivity contribution is 5.27. The summed E-state index contributed by atoms with van der Waals surface area (Å²) in [6.07, 6.45) is -1.63. The van der Waals surface area contributed by atoms with Crippen molar-refractivity contribution in [1.29, 1.82) is 0 Å². The zero-order valence-corrected chi connectivity index (χ0v) is 12.4. The number of hydrogen-bond acceptors (Lipinski definition) is 3. The van der Waals surface area contributed by atoms with Crippen molar-refractivity contribution in [2.45, 2.75) is 44.1 Å². The van der Waals surface area contributed by atoms with E-state index in [1.54, 1.807) is 4.90 Å². The van der Waals surface area contributed by atoms with E-state index < -0.39 is 12.7 Å². The molecule has 2 aliphatic heterocycles. The van der Waals surface area contributed by atoms with Crippen molar-refractivity contribution in [2.24, 2.45) is 11.7 Å². The Bertz CT molecular complexity index is 503. The summed E-state index contributed by atoms with van der Waals surface area (Å²) in [6.45, 7) is 0.169. The lowest BCUT2D eigenvalue weighted by Gasteiger charge is -2.49. The summed E-state index contributed by atoms with van der Waals surface area (Å²) < 4.78 is 43.8. The van der Waals surface area contributed by atoms with Crippen molar-refractivity contribution in [1.82, 2.24) is 4.90 Å². The summed E-state index contributed by atoms with van der Waals surface area (Å²) in [5, 5.41) is 0. The number of alkyl halides is 3. The van der Waals surface area contributed by atoms with Crippen LogP contribution in [0.1, 0.15) is 24.8 Å². The number of benzene rings is 1. The molecule has 3 unspecified atom stereocenters. The predicted octanol–water partition coefficient (Wildman–Crippen LogP) is 2.94. The quantitative estimate of drug-likeness (QED) is 0.928. The van der Waals surface area contributed by atoms with E-state index in [4.69, 9.17) is 10.5 Å². The second-order valence-electron chi connectivity index (χ2n) is 6.28. The van der Waals surface area contributed by atoms with Crippen molar-refractivity contribution in [3.8, 4) is 5.75 Å². The average molecular weight is 314 g/mol. The molecule has 6 heteroatoms. The van der Waals surface area contributed by atoms with Gasteiger partial charge in [-0.15, -0.1) is 0 Å². The molecule has 122 valence electrons. The Kier molecular flexibility index (Phi) is 4.32. The first-order valence-corrected chi connectivity index (χ1v) is 7.71. The SMILES string of the molecule is NCc1ccc(OC2CC3CCC2CN3CC(F)(F)F)cc1. The van der Waals surface area contributed by atoms with Crippen LogP contribution in [0, 0.1) is 5.92 Å². The first kappa shape index (κ1) is 15.6. The van der Waals surface area contributed by atoms with E-state index in [0.717, 1.165) is 24.2 Å². The molecule has 1 aliphatic carbocycles. The third-order valence-corrected chi connectivity index (χ3v) is 4.72. The Hall–Kier alpha value is -1.27. The first-order chi connectivity index (χ1) is 10.4. The van der Waals surface area contributed by atoms with Crippen LogP contribution >= 0.6 is 0 Å². The standard InChI is InChI=1S/C16H21F3N2O/c17-16(18,19)10-21-9-12-3-4-13(21)7-15(12)22-14-5-1-11(8-20)2-6-14/h1-2,5-6,12-13,15H,3-4,7-10,20H2. The topological polar surface area (TPSA) is 38.5 Å². The van der Waals surface area contributed by atoms with Gasteiger partial charge in [0.2, 0.25) is 0 Å². The fourth-order valence-electron chi connectivity index (χ4n) is 3.61. The lowest BCUT2D eigenvalue weighted by molar-refractivity contribution is -0.167. The minimum absolute atomic E-state index is 0.0139. The van der Waals surface area contributed by atoms with Gasteiger partial charge in [0.15, 0.2) is 0 Å². The van der Waals surface area contributed by atoms with Crippen LogP contribution in [0.15, 0.2) is 24.3 Å². The highest BCUT2D eigenvalue weighted by atomic mass is 19.4. The van der Waals surface area contributed by atoms with E-state index in [9.17, 15) is 13.2 Å². The lowest BCUT2D eigenvalue weighted by atomic mass is 9.77. The van der Waals surface area contributed by atoms with Gasteiger partial charge in [-0.25, -0.2) is 0 Å². The molecule has 2 saturated heterocycles. The Morgan fingerprint density at radius 3 is 2.45 bits per heavy atom. The van der Waals surface area contributed by atoms with Crippen LogP contribution in [-0.2, 0) is 6.54 Å². The van der Waals surface area contributed by atoms with Crippen LogP contribution in [0.4, 0.5) is 13.2 Å². The van der Waals surface area contributed by atoms with Crippen LogP contribution < -0.4 is 10.5 Å². The van der Waals surface area contributed by atoms with Gasteiger partial charge < -0.3 is 10.5 Å². The number of fused-ring (bicyclic) bond motifs is 3. The molecule has 0 radical (unpaired) electrons. The van der Waals surface area contributed by atoms with E-state index >= 15 is 0 Å². The van der Waals surface area contributed by atoms with Crippen LogP contribution in [-0.4, -0.2) is 36.3 Å². The maximum absolute atomic E-state index is 12.6. The lowest BCUT2D eigenvalue weighted by Crippen LogP contribution is -2.57. The molecule has 1 aromatic rings. The van der Waals surface area contributed by atoms with Gasteiger partial charge in [-0.3, -0.25) is 4.90 Å². The van der Waals surface area contributed by atoms with Crippen LogP contribution in [0.5, 0.6) is 5.75 Å². The van der Waals surface area contributed by atoms with Gasteiger partial charge in [0, 0.05) is 31.5 Å². The van der Waals surface area contributed by atoms with Crippen molar-refractivity contribution in [2.75, 3.05) is 13.1 Å². The smallest absolute Gasteiger partial charge is 0.401 e. The zero-order chi connectivity index (χ0) is 15.7. The molecule has 1 saturated carbocycles. The molecule has 22 heavy (non-hydrogen) atoms. The first-order valence-electron chi connectivity index (χ1n) is 7.71. The van der Waals surface area contributed by atoms with E-state index in [0.29, 0.717) is 19.5 Å². The van der Waals surface area contributed by atoms with Crippen LogP contribution in [0.3, 0.4) is 0 Å². The summed E-state index contributed by atoms with van der Waals surface area (Å²) >= 11 is 0. The normalized spacial score (nSPS) is 28.8. The Balaban J connectivity index is 1.61. The third-order valence-electron chi connectivity index (χ3n) is 4.72. The molecule has 1 aromatic carbocycles. The Labute approximate surface area is 128 Å². The fourth-order valence-corrected chi connectivity index (χ4v) is 3.61. The molecular formula is C16H21F3N2O. The molecule has 2 heterocycles. The van der Waals surface area contributed by atoms with Crippen molar-refractivity contribution >= 4 is 0 Å². The van der Waals surface area contributed by atoms with Crippen molar-refractivity contribution in [3.63, 3.8) is 0 Å². The van der Waals surface area contributed by atoms with Gasteiger partial charge in [0.25, 0.3) is 0 Å². The number of nitrogens with zero attached hydrogens (tertiary/aromatic N) is 1. The van der Waals surface area contributed by atoms with Gasteiger partial charge in [-0.1, -0.05) is 12.1 Å². The van der Waals surface area contributed by atoms with Crippen LogP contribution in [0.25, 0.3) is 0 Å². The number of piperidine rings is 2. The minimum atomic E-state index is -4.12. The maximum atomic E-state index is 12.6. The molecular weight excluding hydrogens is 293 g/mol. The maximum Gasteiger partial charge on any atom is 0.401 e. The summed E-state index contributed by atoms with van der Waals surface area (Å²) in [5.41, 5.74) is 6.60. The van der Waals surface area contributed by atoms with Gasteiger partial charge in [-0.2, -0.15) is 13.2 Å². The van der Waals surface area contributed by atoms with Gasteiger partial charge >= 0.3 is 6.18 Å². The average Bonchev–Trinajstić information content (AvgIpc) is 2.48. The molecule has 3 aliphatic rings. The third kappa shape index (κ3) is 3.55. The second kappa shape index (κ2) is 6.08. The Morgan fingerprint density at radius 1 is 1.18 bits per heavy atom. The molecule has 0 spiro atoms. The highest BCUT2D eigenvalue weighted by Crippen LogP contribution is 2.38. The summed E-state index contributed by atoms with van der Waals surface area (Å²) in [5.74, 6) is 0.957. The predicted molar refractivity (Wildman–Crippen MR) is 77.5 cm³/mol. The van der Waals surface area contributed by atoms with E-state index in [1.807, 2.05) is 24.3 Å². The molecule has 2 bridgehead atoms. The van der Waals surface area contributed by atoms with Gasteiger partial charge in [-0.05, 0) is 30.5 Å². The monoisotopic (exact) mass is 314 g/mol. The molecule has 4 rings (SSSR count). The second-order valence-corrected chi connectivity index (χ2v) is 6.28. The van der Waals surface area contributed by atoms with E-state index in [1.165, 1.54) is 0 Å². The van der Waals surface area contributed by atoms with Gasteiger partial charge in [0.1, 0.15) is 11.9 Å². The van der Waals surface area contributed by atoms with E-state index in [-0.39, 0.29) is 18.1 Å². The van der Waals surface area contributed by atoms with Crippen molar-refractivity contribution in [3.05, 3.63) is 29.8 Å². The van der Waals surface area contributed by atoms with Crippen molar-refractivity contribution < 1.29 is 17.9 Å². The summed E-state index contributed by atoms with van der Waals surface area (Å²) in [4.78, 5) is 1.57. The van der Waals surface area contributed by atoms with Crippen LogP contribution in [0.2, 0.25) is 0 Å². The number of nitrogens with two attached hydrogens (primary N) is 1. The molecule has 3 atom stereocenters. The molecule has 0 aromatic heterocycles. The molecule has 3 fully saturated rings. The molecule has 2 N–H and O–H groups in total.